The van der Waals surface area contributed by atoms with Gasteiger partial charge in [-0.2, -0.15) is 0 Å². The van der Waals surface area contributed by atoms with Crippen molar-refractivity contribution in [2.24, 2.45) is 0 Å². The summed E-state index contributed by atoms with van der Waals surface area (Å²) in [6, 6.07) is 4.43. The molecule has 0 heterocycles. The minimum atomic E-state index is -2.58. The van der Waals surface area contributed by atoms with Gasteiger partial charge in [0.1, 0.15) is 12.4 Å². The molecule has 0 N–H and O–H groups in total. The van der Waals surface area contributed by atoms with Crippen molar-refractivity contribution in [2.45, 2.75) is 6.43 Å². The minimum Gasteiger partial charge on any atom is -0.487 e. The van der Waals surface area contributed by atoms with E-state index in [1.807, 2.05) is 0 Å². The summed E-state index contributed by atoms with van der Waals surface area (Å²) < 4.78 is 28.3. The third-order valence-electron chi connectivity index (χ3n) is 1.50. The molecule has 0 aliphatic carbocycles. The lowest BCUT2D eigenvalue weighted by Gasteiger charge is -2.08. The summed E-state index contributed by atoms with van der Waals surface area (Å²) in [5, 5.41) is 0.187. The highest BCUT2D eigenvalue weighted by Crippen LogP contribution is 2.24. The van der Waals surface area contributed by atoms with Crippen molar-refractivity contribution < 1.29 is 18.3 Å². The SMILES string of the molecule is O=Cc1c(Cl)cccc1OCC(F)F. The van der Waals surface area contributed by atoms with Gasteiger partial charge in [-0.25, -0.2) is 8.78 Å². The molecule has 0 fully saturated rings. The number of alkyl halides is 2. The van der Waals surface area contributed by atoms with E-state index in [-0.39, 0.29) is 16.3 Å². The van der Waals surface area contributed by atoms with Crippen LogP contribution in [0.5, 0.6) is 5.75 Å². The number of ether oxygens (including phenoxy) is 1. The number of halogens is 3. The molecule has 2 nitrogen and oxygen atoms in total. The van der Waals surface area contributed by atoms with Crippen LogP contribution in [0.15, 0.2) is 18.2 Å². The van der Waals surface area contributed by atoms with E-state index < -0.39 is 13.0 Å². The van der Waals surface area contributed by atoms with Gasteiger partial charge in [0.05, 0.1) is 10.6 Å². The van der Waals surface area contributed by atoms with E-state index in [9.17, 15) is 13.6 Å². The normalized spacial score (nSPS) is 10.3. The standard InChI is InChI=1S/C9H7ClF2O2/c10-7-2-1-3-8(6(7)4-13)14-5-9(11)12/h1-4,9H,5H2. The molecule has 0 bridgehead atoms. The lowest BCUT2D eigenvalue weighted by Crippen LogP contribution is -2.08. The number of rotatable bonds is 4. The molecule has 0 aliphatic rings. The first-order valence-electron chi connectivity index (χ1n) is 3.79. The Morgan fingerprint density at radius 3 is 2.79 bits per heavy atom. The Labute approximate surface area is 84.4 Å². The van der Waals surface area contributed by atoms with Crippen LogP contribution in [0.4, 0.5) is 8.78 Å². The van der Waals surface area contributed by atoms with Crippen LogP contribution in [-0.2, 0) is 0 Å². The number of carbonyl (C=O) groups is 1. The molecule has 0 unspecified atom stereocenters. The number of aldehydes is 1. The van der Waals surface area contributed by atoms with Crippen LogP contribution < -0.4 is 4.74 Å². The number of hydrogen-bond acceptors (Lipinski definition) is 2. The lowest BCUT2D eigenvalue weighted by atomic mass is 10.2. The van der Waals surface area contributed by atoms with Gasteiger partial charge in [0, 0.05) is 0 Å². The summed E-state index contributed by atoms with van der Waals surface area (Å²) in [6.45, 7) is -0.749. The van der Waals surface area contributed by atoms with Crippen LogP contribution in [0.25, 0.3) is 0 Å². The van der Waals surface area contributed by atoms with Crippen molar-refractivity contribution in [1.29, 1.82) is 0 Å². The lowest BCUT2D eigenvalue weighted by molar-refractivity contribution is 0.0809. The first kappa shape index (κ1) is 10.9. The summed E-state index contributed by atoms with van der Waals surface area (Å²) in [5.41, 5.74) is 0.0924. The fourth-order valence-corrected chi connectivity index (χ4v) is 1.12. The predicted molar refractivity (Wildman–Crippen MR) is 48.3 cm³/mol. The third-order valence-corrected chi connectivity index (χ3v) is 1.83. The largest absolute Gasteiger partial charge is 0.487 e. The van der Waals surface area contributed by atoms with Gasteiger partial charge in [-0.05, 0) is 12.1 Å². The molecule has 0 aliphatic heterocycles. The van der Waals surface area contributed by atoms with Crippen molar-refractivity contribution in [2.75, 3.05) is 6.61 Å². The fourth-order valence-electron chi connectivity index (χ4n) is 0.910. The molecule has 0 radical (unpaired) electrons. The van der Waals surface area contributed by atoms with E-state index in [1.165, 1.54) is 18.2 Å². The highest BCUT2D eigenvalue weighted by Gasteiger charge is 2.09. The van der Waals surface area contributed by atoms with Gasteiger partial charge in [-0.3, -0.25) is 4.79 Å². The van der Waals surface area contributed by atoms with Gasteiger partial charge >= 0.3 is 0 Å². The van der Waals surface area contributed by atoms with E-state index in [0.29, 0.717) is 6.29 Å². The quantitative estimate of drug-likeness (QED) is 0.730. The van der Waals surface area contributed by atoms with Gasteiger partial charge in [0.15, 0.2) is 6.29 Å². The zero-order valence-corrected chi connectivity index (χ0v) is 7.80. The van der Waals surface area contributed by atoms with E-state index in [0.717, 1.165) is 0 Å². The predicted octanol–water partition coefficient (Wildman–Crippen LogP) is 2.80. The molecule has 1 aromatic rings. The molecular weight excluding hydrogens is 214 g/mol. The first-order valence-corrected chi connectivity index (χ1v) is 4.17. The topological polar surface area (TPSA) is 26.3 Å². The molecule has 0 spiro atoms. The maximum absolute atomic E-state index is 11.8. The van der Waals surface area contributed by atoms with Crippen molar-refractivity contribution in [3.05, 3.63) is 28.8 Å². The number of benzene rings is 1. The molecule has 1 aromatic carbocycles. The fraction of sp³-hybridized carbons (Fsp3) is 0.222. The number of hydrogen-bond donors (Lipinski definition) is 0. The Balaban J connectivity index is 2.85. The number of carbonyl (C=O) groups excluding carboxylic acids is 1. The van der Waals surface area contributed by atoms with Crippen molar-refractivity contribution in [3.63, 3.8) is 0 Å². The Kier molecular flexibility index (Phi) is 3.83. The molecule has 0 amide bonds. The van der Waals surface area contributed by atoms with E-state index in [4.69, 9.17) is 16.3 Å². The van der Waals surface area contributed by atoms with Gasteiger partial charge in [-0.1, -0.05) is 17.7 Å². The second-order valence-electron chi connectivity index (χ2n) is 2.47. The van der Waals surface area contributed by atoms with Crippen LogP contribution in [-0.4, -0.2) is 19.3 Å². The van der Waals surface area contributed by atoms with Crippen LogP contribution >= 0.6 is 11.6 Å². The average molecular weight is 221 g/mol. The second-order valence-corrected chi connectivity index (χ2v) is 2.88. The molecule has 0 atom stereocenters. The molecule has 0 saturated heterocycles. The summed E-state index contributed by atoms with van der Waals surface area (Å²) in [5.74, 6) is 0.0767. The van der Waals surface area contributed by atoms with Gasteiger partial charge in [0.25, 0.3) is 6.43 Å². The van der Waals surface area contributed by atoms with Crippen molar-refractivity contribution in [3.8, 4) is 5.75 Å². The summed E-state index contributed by atoms with van der Waals surface area (Å²) in [4.78, 5) is 10.5. The second kappa shape index (κ2) is 4.91. The molecule has 76 valence electrons. The summed E-state index contributed by atoms with van der Waals surface area (Å²) in [6.07, 6.45) is -2.10. The molecule has 5 heteroatoms. The highest BCUT2D eigenvalue weighted by molar-refractivity contribution is 6.33. The monoisotopic (exact) mass is 220 g/mol. The third kappa shape index (κ3) is 2.67. The zero-order valence-electron chi connectivity index (χ0n) is 7.04. The molecule has 0 aromatic heterocycles. The molecule has 1 rings (SSSR count). The van der Waals surface area contributed by atoms with Crippen LogP contribution in [0.1, 0.15) is 10.4 Å². The van der Waals surface area contributed by atoms with Crippen LogP contribution in [0.3, 0.4) is 0 Å². The van der Waals surface area contributed by atoms with Gasteiger partial charge < -0.3 is 4.74 Å². The maximum atomic E-state index is 11.8. The highest BCUT2D eigenvalue weighted by atomic mass is 35.5. The van der Waals surface area contributed by atoms with Crippen molar-refractivity contribution >= 4 is 17.9 Å². The van der Waals surface area contributed by atoms with E-state index in [1.54, 1.807) is 0 Å². The van der Waals surface area contributed by atoms with Crippen molar-refractivity contribution in [1.82, 2.24) is 0 Å². The smallest absolute Gasteiger partial charge is 0.272 e. The summed E-state index contributed by atoms with van der Waals surface area (Å²) >= 11 is 5.65. The molecule has 0 saturated carbocycles. The molecule has 14 heavy (non-hydrogen) atoms. The molecular formula is C9H7ClF2O2. The Morgan fingerprint density at radius 1 is 1.50 bits per heavy atom. The van der Waals surface area contributed by atoms with Gasteiger partial charge in [0.2, 0.25) is 0 Å². The Hall–Kier alpha value is -1.16. The maximum Gasteiger partial charge on any atom is 0.272 e. The Bertz CT molecular complexity index is 329. The Morgan fingerprint density at radius 2 is 2.21 bits per heavy atom. The minimum absolute atomic E-state index is 0.0767. The zero-order chi connectivity index (χ0) is 10.6. The average Bonchev–Trinajstić information content (AvgIpc) is 2.14. The van der Waals surface area contributed by atoms with E-state index >= 15 is 0 Å². The van der Waals surface area contributed by atoms with Crippen LogP contribution in [0, 0.1) is 0 Å². The first-order chi connectivity index (χ1) is 6.65. The van der Waals surface area contributed by atoms with Gasteiger partial charge in [-0.15, -0.1) is 0 Å². The summed E-state index contributed by atoms with van der Waals surface area (Å²) in [7, 11) is 0. The van der Waals surface area contributed by atoms with E-state index in [2.05, 4.69) is 0 Å². The van der Waals surface area contributed by atoms with Crippen LogP contribution in [0.2, 0.25) is 5.02 Å².